The van der Waals surface area contributed by atoms with Crippen LogP contribution < -0.4 is 5.32 Å². The van der Waals surface area contributed by atoms with Crippen molar-refractivity contribution in [3.63, 3.8) is 0 Å². The number of phenols is 2. The van der Waals surface area contributed by atoms with Crippen LogP contribution in [0.15, 0.2) is 36.4 Å². The zero-order chi connectivity index (χ0) is 14.0. The number of phenolic OH excluding ortho intramolecular Hbond substituents is 2. The van der Waals surface area contributed by atoms with Gasteiger partial charge in [0, 0.05) is 0 Å². The van der Waals surface area contributed by atoms with Gasteiger partial charge >= 0.3 is 0 Å². The van der Waals surface area contributed by atoms with Gasteiger partial charge in [-0.2, -0.15) is 0 Å². The molecule has 0 spiro atoms. The van der Waals surface area contributed by atoms with Crippen LogP contribution in [-0.2, 0) is 0 Å². The predicted octanol–water partition coefficient (Wildman–Crippen LogP) is 2.80. The number of anilines is 1. The highest BCUT2D eigenvalue weighted by Gasteiger charge is 2.14. The summed E-state index contributed by atoms with van der Waals surface area (Å²) in [6.07, 6.45) is 0. The van der Waals surface area contributed by atoms with E-state index in [4.69, 9.17) is 0 Å². The molecular formula is C14H12FNO3. The highest BCUT2D eigenvalue weighted by Crippen LogP contribution is 2.24. The monoisotopic (exact) mass is 261 g/mol. The van der Waals surface area contributed by atoms with E-state index in [-0.39, 0.29) is 22.7 Å². The van der Waals surface area contributed by atoms with E-state index in [1.165, 1.54) is 24.3 Å². The first-order valence-electron chi connectivity index (χ1n) is 5.57. The lowest BCUT2D eigenvalue weighted by Crippen LogP contribution is -2.13. The van der Waals surface area contributed by atoms with Crippen LogP contribution in [0.2, 0.25) is 0 Å². The third-order valence-electron chi connectivity index (χ3n) is 2.60. The standard InChI is InChI=1S/C14H12FNO3/c1-8-2-4-12(11(15)6-8)16-14(19)10-7-9(17)3-5-13(10)18/h2-7,17-18H,1H3,(H,16,19). The number of benzene rings is 2. The third kappa shape index (κ3) is 2.82. The average Bonchev–Trinajstić information content (AvgIpc) is 2.35. The Bertz CT molecular complexity index is 641. The van der Waals surface area contributed by atoms with Gasteiger partial charge in [0.25, 0.3) is 5.91 Å². The number of hydrogen-bond donors (Lipinski definition) is 3. The lowest BCUT2D eigenvalue weighted by molar-refractivity contribution is 0.102. The number of halogens is 1. The Morgan fingerprint density at radius 2 is 1.89 bits per heavy atom. The van der Waals surface area contributed by atoms with Gasteiger partial charge < -0.3 is 15.5 Å². The van der Waals surface area contributed by atoms with Gasteiger partial charge in [-0.25, -0.2) is 4.39 Å². The number of aryl methyl sites for hydroxylation is 1. The predicted molar refractivity (Wildman–Crippen MR) is 68.9 cm³/mol. The quantitative estimate of drug-likeness (QED) is 0.728. The molecule has 3 N–H and O–H groups in total. The summed E-state index contributed by atoms with van der Waals surface area (Å²) < 4.78 is 13.6. The maximum atomic E-state index is 13.6. The Morgan fingerprint density at radius 3 is 2.58 bits per heavy atom. The smallest absolute Gasteiger partial charge is 0.259 e. The first-order chi connectivity index (χ1) is 8.97. The van der Waals surface area contributed by atoms with Crippen LogP contribution in [0.4, 0.5) is 10.1 Å². The van der Waals surface area contributed by atoms with Crippen molar-refractivity contribution in [2.24, 2.45) is 0 Å². The molecule has 0 aliphatic rings. The van der Waals surface area contributed by atoms with Crippen LogP contribution >= 0.6 is 0 Å². The molecule has 4 nitrogen and oxygen atoms in total. The van der Waals surface area contributed by atoms with Gasteiger partial charge in [-0.15, -0.1) is 0 Å². The molecule has 0 saturated heterocycles. The topological polar surface area (TPSA) is 69.6 Å². The van der Waals surface area contributed by atoms with Gasteiger partial charge in [-0.05, 0) is 42.8 Å². The summed E-state index contributed by atoms with van der Waals surface area (Å²) in [7, 11) is 0. The number of carbonyl (C=O) groups is 1. The van der Waals surface area contributed by atoms with E-state index in [9.17, 15) is 19.4 Å². The summed E-state index contributed by atoms with van der Waals surface area (Å²) in [6.45, 7) is 1.73. The maximum Gasteiger partial charge on any atom is 0.259 e. The molecule has 0 aliphatic carbocycles. The van der Waals surface area contributed by atoms with Crippen LogP contribution in [0.1, 0.15) is 15.9 Å². The molecule has 1 amide bonds. The molecule has 2 rings (SSSR count). The Hall–Kier alpha value is -2.56. The Kier molecular flexibility index (Phi) is 3.37. The Morgan fingerprint density at radius 1 is 1.16 bits per heavy atom. The van der Waals surface area contributed by atoms with Gasteiger partial charge in [-0.3, -0.25) is 4.79 Å². The van der Waals surface area contributed by atoms with E-state index in [0.29, 0.717) is 0 Å². The molecule has 0 aliphatic heterocycles. The first-order valence-corrected chi connectivity index (χ1v) is 5.57. The van der Waals surface area contributed by atoms with Crippen LogP contribution in [0.25, 0.3) is 0 Å². The van der Waals surface area contributed by atoms with Crippen LogP contribution in [0, 0.1) is 12.7 Å². The molecule has 0 saturated carbocycles. The molecule has 19 heavy (non-hydrogen) atoms. The SMILES string of the molecule is Cc1ccc(NC(=O)c2cc(O)ccc2O)c(F)c1. The summed E-state index contributed by atoms with van der Waals surface area (Å²) in [6, 6.07) is 7.92. The van der Waals surface area contributed by atoms with E-state index in [1.807, 2.05) is 0 Å². The second kappa shape index (κ2) is 4.97. The zero-order valence-corrected chi connectivity index (χ0v) is 10.1. The van der Waals surface area contributed by atoms with Gasteiger partial charge in [0.1, 0.15) is 17.3 Å². The minimum Gasteiger partial charge on any atom is -0.508 e. The van der Waals surface area contributed by atoms with E-state index < -0.39 is 11.7 Å². The fraction of sp³-hybridized carbons (Fsp3) is 0.0714. The van der Waals surface area contributed by atoms with E-state index in [0.717, 1.165) is 11.6 Å². The second-order valence-corrected chi connectivity index (χ2v) is 4.14. The molecule has 0 radical (unpaired) electrons. The molecule has 0 atom stereocenters. The minimum atomic E-state index is -0.698. The van der Waals surface area contributed by atoms with Crippen LogP contribution in [0.3, 0.4) is 0 Å². The molecule has 5 heteroatoms. The Labute approximate surface area is 109 Å². The van der Waals surface area contributed by atoms with Crippen molar-refractivity contribution in [1.29, 1.82) is 0 Å². The van der Waals surface area contributed by atoms with Gasteiger partial charge in [0.15, 0.2) is 0 Å². The van der Waals surface area contributed by atoms with Crippen molar-refractivity contribution in [3.05, 3.63) is 53.3 Å². The van der Waals surface area contributed by atoms with Gasteiger partial charge in [0.05, 0.1) is 11.3 Å². The highest BCUT2D eigenvalue weighted by atomic mass is 19.1. The average molecular weight is 261 g/mol. The number of carbonyl (C=O) groups excluding carboxylic acids is 1. The summed E-state index contributed by atoms with van der Waals surface area (Å²) in [5.41, 5.74) is 0.619. The van der Waals surface area contributed by atoms with Crippen molar-refractivity contribution < 1.29 is 19.4 Å². The number of hydrogen-bond acceptors (Lipinski definition) is 3. The fourth-order valence-corrected chi connectivity index (χ4v) is 1.62. The summed E-state index contributed by atoms with van der Waals surface area (Å²) >= 11 is 0. The van der Waals surface area contributed by atoms with Crippen LogP contribution in [-0.4, -0.2) is 16.1 Å². The summed E-state index contributed by atoms with van der Waals surface area (Å²) in [4.78, 5) is 11.9. The third-order valence-corrected chi connectivity index (χ3v) is 2.60. The van der Waals surface area contributed by atoms with Crippen LogP contribution in [0.5, 0.6) is 11.5 Å². The second-order valence-electron chi connectivity index (χ2n) is 4.14. The molecule has 0 bridgehead atoms. The normalized spacial score (nSPS) is 10.2. The van der Waals surface area contributed by atoms with E-state index >= 15 is 0 Å². The van der Waals surface area contributed by atoms with Crippen molar-refractivity contribution >= 4 is 11.6 Å². The number of aromatic hydroxyl groups is 2. The van der Waals surface area contributed by atoms with E-state index in [1.54, 1.807) is 13.0 Å². The number of nitrogens with one attached hydrogen (secondary N) is 1. The molecule has 0 aromatic heterocycles. The fourth-order valence-electron chi connectivity index (χ4n) is 1.62. The molecule has 98 valence electrons. The number of amides is 1. The minimum absolute atomic E-state index is 0.0124. The highest BCUT2D eigenvalue weighted by molar-refractivity contribution is 6.06. The van der Waals surface area contributed by atoms with Crippen molar-refractivity contribution in [2.45, 2.75) is 6.92 Å². The van der Waals surface area contributed by atoms with Crippen molar-refractivity contribution in [2.75, 3.05) is 5.32 Å². The molecule has 0 heterocycles. The summed E-state index contributed by atoms with van der Waals surface area (Å²) in [5, 5.41) is 21.1. The zero-order valence-electron chi connectivity index (χ0n) is 10.1. The summed E-state index contributed by atoms with van der Waals surface area (Å²) in [5.74, 6) is -1.71. The van der Waals surface area contributed by atoms with Gasteiger partial charge in [0.2, 0.25) is 0 Å². The number of rotatable bonds is 2. The molecule has 0 fully saturated rings. The van der Waals surface area contributed by atoms with Crippen molar-refractivity contribution in [3.8, 4) is 11.5 Å². The van der Waals surface area contributed by atoms with E-state index in [2.05, 4.69) is 5.32 Å². The lowest BCUT2D eigenvalue weighted by Gasteiger charge is -2.08. The Balaban J connectivity index is 2.28. The van der Waals surface area contributed by atoms with Crippen molar-refractivity contribution in [1.82, 2.24) is 0 Å². The largest absolute Gasteiger partial charge is 0.508 e. The lowest BCUT2D eigenvalue weighted by atomic mass is 10.1. The molecular weight excluding hydrogens is 249 g/mol. The maximum absolute atomic E-state index is 13.6. The van der Waals surface area contributed by atoms with Gasteiger partial charge in [-0.1, -0.05) is 6.07 Å². The molecule has 2 aromatic rings. The first kappa shape index (κ1) is 12.9. The molecule has 2 aromatic carbocycles. The molecule has 0 unspecified atom stereocenters.